The zero-order chi connectivity index (χ0) is 23.0. The lowest BCUT2D eigenvalue weighted by Gasteiger charge is -2.23. The van der Waals surface area contributed by atoms with E-state index < -0.39 is 10.0 Å². The van der Waals surface area contributed by atoms with Gasteiger partial charge in [0.05, 0.1) is 21.6 Å². The van der Waals surface area contributed by atoms with Crippen LogP contribution >= 0.6 is 11.6 Å². The van der Waals surface area contributed by atoms with E-state index in [-0.39, 0.29) is 16.8 Å². The highest BCUT2D eigenvalue weighted by molar-refractivity contribution is 7.92. The van der Waals surface area contributed by atoms with E-state index in [9.17, 15) is 13.2 Å². The van der Waals surface area contributed by atoms with Crippen molar-refractivity contribution < 1.29 is 13.2 Å². The topological polar surface area (TPSA) is 96.7 Å². The highest BCUT2D eigenvalue weighted by Gasteiger charge is 2.33. The van der Waals surface area contributed by atoms with Gasteiger partial charge in [-0.1, -0.05) is 29.8 Å². The Morgan fingerprint density at radius 2 is 1.76 bits per heavy atom. The molecule has 2 aromatic carbocycles. The Kier molecular flexibility index (Phi) is 5.51. The lowest BCUT2D eigenvalue weighted by atomic mass is 10.1. The van der Waals surface area contributed by atoms with Crippen molar-refractivity contribution >= 4 is 38.9 Å². The van der Waals surface area contributed by atoms with E-state index in [0.717, 1.165) is 24.3 Å². The van der Waals surface area contributed by atoms with Crippen LogP contribution in [0.3, 0.4) is 0 Å². The predicted molar refractivity (Wildman–Crippen MR) is 125 cm³/mol. The number of benzene rings is 2. The molecule has 0 bridgehead atoms. The van der Waals surface area contributed by atoms with E-state index in [1.54, 1.807) is 29.2 Å². The number of rotatable bonds is 5. The normalized spacial score (nSPS) is 16.3. The highest BCUT2D eigenvalue weighted by atomic mass is 35.5. The predicted octanol–water partition coefficient (Wildman–Crippen LogP) is 4.16. The summed E-state index contributed by atoms with van der Waals surface area (Å²) in [5.41, 5.74) is 1.43. The van der Waals surface area contributed by atoms with Gasteiger partial charge in [-0.05, 0) is 61.4 Å². The second-order valence-corrected chi connectivity index (χ2v) is 9.84. The molecule has 8 nitrogen and oxygen atoms in total. The van der Waals surface area contributed by atoms with Gasteiger partial charge < -0.3 is 4.90 Å². The second-order valence-electron chi connectivity index (χ2n) is 7.75. The van der Waals surface area contributed by atoms with Crippen LogP contribution < -0.4 is 4.72 Å². The number of halogens is 1. The number of carbonyl (C=O) groups is 1. The smallest absolute Gasteiger partial charge is 0.261 e. The van der Waals surface area contributed by atoms with Crippen LogP contribution in [0.15, 0.2) is 77.8 Å². The minimum absolute atomic E-state index is 0.0420. The first-order valence-electron chi connectivity index (χ1n) is 10.4. The summed E-state index contributed by atoms with van der Waals surface area (Å²) in [4.78, 5) is 15.1. The molecule has 1 amide bonds. The molecule has 1 unspecified atom stereocenters. The zero-order valence-electron chi connectivity index (χ0n) is 17.4. The second kappa shape index (κ2) is 8.49. The minimum Gasteiger partial charge on any atom is -0.328 e. The van der Waals surface area contributed by atoms with Gasteiger partial charge in [0.15, 0.2) is 11.5 Å². The fourth-order valence-corrected chi connectivity index (χ4v) is 5.37. The molecular formula is C23H20ClN5O3S. The van der Waals surface area contributed by atoms with Crippen LogP contribution in [0, 0.1) is 0 Å². The molecule has 1 fully saturated rings. The third-order valence-corrected chi connectivity index (χ3v) is 7.39. The molecule has 4 aromatic rings. The first-order chi connectivity index (χ1) is 15.9. The molecule has 0 saturated carbocycles. The number of aromatic nitrogens is 3. The standard InChI is InChI=1S/C23H20ClN5O3S/c24-18-6-1-2-7-19(18)27-33(31,32)17-12-10-16(11-13-17)23(30)28-15-5-8-20(28)22-26-25-21-9-3-4-14-29(21)22/h1-4,6-7,9-14,20,27H,5,8,15H2. The van der Waals surface area contributed by atoms with E-state index in [4.69, 9.17) is 11.6 Å². The number of pyridine rings is 1. The van der Waals surface area contributed by atoms with Crippen molar-refractivity contribution in [3.8, 4) is 0 Å². The van der Waals surface area contributed by atoms with Crippen molar-refractivity contribution in [3.05, 3.63) is 89.3 Å². The van der Waals surface area contributed by atoms with Gasteiger partial charge in [-0.15, -0.1) is 10.2 Å². The summed E-state index contributed by atoms with van der Waals surface area (Å²) in [5, 5.41) is 8.82. The number of likely N-dealkylation sites (tertiary alicyclic amines) is 1. The summed E-state index contributed by atoms with van der Waals surface area (Å²) in [6.45, 7) is 0.597. The molecule has 1 N–H and O–H groups in total. The number of sulfonamides is 1. The molecule has 1 aliphatic heterocycles. The van der Waals surface area contributed by atoms with Crippen LogP contribution in [0.2, 0.25) is 5.02 Å². The molecule has 33 heavy (non-hydrogen) atoms. The van der Waals surface area contributed by atoms with Crippen molar-refractivity contribution in [2.24, 2.45) is 0 Å². The van der Waals surface area contributed by atoms with Crippen LogP contribution in [-0.2, 0) is 10.0 Å². The van der Waals surface area contributed by atoms with Crippen molar-refractivity contribution in [1.82, 2.24) is 19.5 Å². The van der Waals surface area contributed by atoms with Crippen LogP contribution in [0.4, 0.5) is 5.69 Å². The summed E-state index contributed by atoms with van der Waals surface area (Å²) < 4.78 is 29.9. The van der Waals surface area contributed by atoms with Crippen molar-refractivity contribution in [1.29, 1.82) is 0 Å². The van der Waals surface area contributed by atoms with Crippen LogP contribution in [0.25, 0.3) is 5.65 Å². The maximum absolute atomic E-state index is 13.3. The highest BCUT2D eigenvalue weighted by Crippen LogP contribution is 2.32. The average molecular weight is 482 g/mol. The Morgan fingerprint density at radius 3 is 2.55 bits per heavy atom. The molecule has 2 aromatic heterocycles. The number of nitrogens with one attached hydrogen (secondary N) is 1. The number of carbonyl (C=O) groups excluding carboxylic acids is 1. The van der Waals surface area contributed by atoms with Gasteiger partial charge in [-0.2, -0.15) is 0 Å². The third-order valence-electron chi connectivity index (χ3n) is 5.68. The SMILES string of the molecule is O=C(c1ccc(S(=O)(=O)Nc2ccccc2Cl)cc1)N1CCCC1c1nnc2ccccn12. The first-order valence-corrected chi connectivity index (χ1v) is 12.3. The summed E-state index contributed by atoms with van der Waals surface area (Å²) in [6, 6.07) is 18.0. The summed E-state index contributed by atoms with van der Waals surface area (Å²) in [5.74, 6) is 0.549. The number of para-hydroxylation sites is 1. The Balaban J connectivity index is 1.37. The van der Waals surface area contributed by atoms with E-state index in [1.807, 2.05) is 28.8 Å². The molecule has 0 radical (unpaired) electrons. The largest absolute Gasteiger partial charge is 0.328 e. The van der Waals surface area contributed by atoms with Crippen LogP contribution in [-0.4, -0.2) is 40.4 Å². The maximum atomic E-state index is 13.3. The molecule has 1 atom stereocenters. The van der Waals surface area contributed by atoms with E-state index >= 15 is 0 Å². The van der Waals surface area contributed by atoms with Crippen LogP contribution in [0.5, 0.6) is 0 Å². The first kappa shape index (κ1) is 21.4. The molecule has 3 heterocycles. The fraction of sp³-hybridized carbons (Fsp3) is 0.174. The number of hydrogen-bond acceptors (Lipinski definition) is 5. The number of anilines is 1. The van der Waals surface area contributed by atoms with Gasteiger partial charge in [0, 0.05) is 18.3 Å². The van der Waals surface area contributed by atoms with Crippen LogP contribution in [0.1, 0.15) is 35.1 Å². The van der Waals surface area contributed by atoms with Gasteiger partial charge in [-0.25, -0.2) is 8.42 Å². The molecule has 1 saturated heterocycles. The van der Waals surface area contributed by atoms with Crippen molar-refractivity contribution in [2.75, 3.05) is 11.3 Å². The van der Waals surface area contributed by atoms with Crippen molar-refractivity contribution in [3.63, 3.8) is 0 Å². The third kappa shape index (κ3) is 4.05. The zero-order valence-corrected chi connectivity index (χ0v) is 19.0. The maximum Gasteiger partial charge on any atom is 0.261 e. The van der Waals surface area contributed by atoms with Gasteiger partial charge in [-0.3, -0.25) is 13.9 Å². The molecule has 1 aliphatic rings. The Hall–Kier alpha value is -3.43. The van der Waals surface area contributed by atoms with Crippen molar-refractivity contribution in [2.45, 2.75) is 23.8 Å². The average Bonchev–Trinajstić information content (AvgIpc) is 3.47. The molecule has 5 rings (SSSR count). The number of hydrogen-bond donors (Lipinski definition) is 1. The summed E-state index contributed by atoms with van der Waals surface area (Å²) in [7, 11) is -3.85. The Morgan fingerprint density at radius 1 is 1.00 bits per heavy atom. The van der Waals surface area contributed by atoms with E-state index in [2.05, 4.69) is 14.9 Å². The monoisotopic (exact) mass is 481 g/mol. The lowest BCUT2D eigenvalue weighted by molar-refractivity contribution is 0.0729. The quantitative estimate of drug-likeness (QED) is 0.461. The Labute approximate surface area is 195 Å². The summed E-state index contributed by atoms with van der Waals surface area (Å²) in [6.07, 6.45) is 3.53. The Bertz CT molecular complexity index is 1440. The van der Waals surface area contributed by atoms with Gasteiger partial charge in [0.1, 0.15) is 0 Å². The lowest BCUT2D eigenvalue weighted by Crippen LogP contribution is -2.31. The van der Waals surface area contributed by atoms with Gasteiger partial charge in [0.2, 0.25) is 0 Å². The minimum atomic E-state index is -3.85. The fourth-order valence-electron chi connectivity index (χ4n) is 4.06. The molecule has 168 valence electrons. The molecule has 10 heteroatoms. The molecule has 0 spiro atoms. The number of fused-ring (bicyclic) bond motifs is 1. The van der Waals surface area contributed by atoms with Gasteiger partial charge >= 0.3 is 0 Å². The molecular weight excluding hydrogens is 462 g/mol. The number of nitrogens with zero attached hydrogens (tertiary/aromatic N) is 4. The summed E-state index contributed by atoms with van der Waals surface area (Å²) >= 11 is 6.06. The van der Waals surface area contributed by atoms with E-state index in [1.165, 1.54) is 24.3 Å². The van der Waals surface area contributed by atoms with E-state index in [0.29, 0.717) is 22.8 Å². The number of amides is 1. The molecule has 0 aliphatic carbocycles. The van der Waals surface area contributed by atoms with Gasteiger partial charge in [0.25, 0.3) is 15.9 Å².